The number of ether oxygens (including phenoxy) is 2. The van der Waals surface area contributed by atoms with Crippen molar-refractivity contribution >= 4 is 11.9 Å². The van der Waals surface area contributed by atoms with Crippen molar-refractivity contribution in [1.82, 2.24) is 14.8 Å². The number of pyridine rings is 1. The van der Waals surface area contributed by atoms with E-state index in [-0.39, 0.29) is 0 Å². The van der Waals surface area contributed by atoms with Gasteiger partial charge in [-0.1, -0.05) is 6.07 Å². The first-order valence-corrected chi connectivity index (χ1v) is 9.43. The molecule has 0 bridgehead atoms. The molecule has 0 spiro atoms. The Morgan fingerprint density at radius 2 is 1.60 bits per heavy atom. The summed E-state index contributed by atoms with van der Waals surface area (Å²) in [5.41, 5.74) is 2.46. The van der Waals surface area contributed by atoms with Gasteiger partial charge in [0.15, 0.2) is 0 Å². The van der Waals surface area contributed by atoms with E-state index in [4.69, 9.17) is 29.3 Å². The summed E-state index contributed by atoms with van der Waals surface area (Å²) < 4.78 is 10.8. The number of carboxylic acids is 2. The van der Waals surface area contributed by atoms with Crippen molar-refractivity contribution in [3.05, 3.63) is 53.9 Å². The van der Waals surface area contributed by atoms with E-state index in [9.17, 15) is 0 Å². The summed E-state index contributed by atoms with van der Waals surface area (Å²) in [6.07, 6.45) is 3.77. The molecule has 1 aromatic carbocycles. The monoisotopic (exact) mass is 417 g/mol. The van der Waals surface area contributed by atoms with Crippen LogP contribution in [0.15, 0.2) is 42.7 Å². The normalized spacial score (nSPS) is 14.3. The number of hydrogen-bond donors (Lipinski definition) is 2. The van der Waals surface area contributed by atoms with E-state index >= 15 is 0 Å². The van der Waals surface area contributed by atoms with Crippen LogP contribution in [-0.4, -0.2) is 77.3 Å². The maximum absolute atomic E-state index is 9.10. The van der Waals surface area contributed by atoms with Gasteiger partial charge in [0.2, 0.25) is 0 Å². The highest BCUT2D eigenvalue weighted by molar-refractivity contribution is 6.27. The minimum atomic E-state index is -1.82. The highest BCUT2D eigenvalue weighted by atomic mass is 16.5. The summed E-state index contributed by atoms with van der Waals surface area (Å²) >= 11 is 0. The quantitative estimate of drug-likeness (QED) is 0.676. The van der Waals surface area contributed by atoms with Gasteiger partial charge < -0.3 is 19.7 Å². The Morgan fingerprint density at radius 1 is 0.967 bits per heavy atom. The average Bonchev–Trinajstić information content (AvgIpc) is 2.76. The van der Waals surface area contributed by atoms with Gasteiger partial charge in [0.05, 0.1) is 14.2 Å². The highest BCUT2D eigenvalue weighted by Crippen LogP contribution is 2.25. The zero-order valence-corrected chi connectivity index (χ0v) is 17.2. The van der Waals surface area contributed by atoms with Gasteiger partial charge >= 0.3 is 11.9 Å². The molecule has 9 heteroatoms. The standard InChI is InChI=1S/C19H25N3O2.C2H2O4/c1-23-18-5-6-19(24-2)17(12-18)15-22-10-8-21(9-11-22)14-16-4-3-7-20-13-16;3-1(4)2(5)6/h3-7,12-13H,8-11,14-15H2,1-2H3;(H,3,4)(H,5,6). The lowest BCUT2D eigenvalue weighted by Gasteiger charge is -2.34. The van der Waals surface area contributed by atoms with Crippen molar-refractivity contribution in [2.75, 3.05) is 40.4 Å². The van der Waals surface area contributed by atoms with Crippen LogP contribution in [0.5, 0.6) is 11.5 Å². The smallest absolute Gasteiger partial charge is 0.414 e. The molecule has 162 valence electrons. The summed E-state index contributed by atoms with van der Waals surface area (Å²) in [4.78, 5) is 27.3. The SMILES string of the molecule is COc1ccc(OC)c(CN2CCN(Cc3cccnc3)CC2)c1.O=C(O)C(=O)O. The first-order valence-electron chi connectivity index (χ1n) is 9.43. The molecule has 1 aromatic heterocycles. The molecule has 0 radical (unpaired) electrons. The zero-order chi connectivity index (χ0) is 21.9. The van der Waals surface area contributed by atoms with E-state index in [0.29, 0.717) is 0 Å². The number of methoxy groups -OCH3 is 2. The molecular weight excluding hydrogens is 390 g/mol. The molecule has 9 nitrogen and oxygen atoms in total. The number of aromatic nitrogens is 1. The van der Waals surface area contributed by atoms with Gasteiger partial charge in [-0.25, -0.2) is 9.59 Å². The summed E-state index contributed by atoms with van der Waals surface area (Å²) in [7, 11) is 3.42. The molecule has 0 amide bonds. The van der Waals surface area contributed by atoms with Gasteiger partial charge in [0.25, 0.3) is 0 Å². The van der Waals surface area contributed by atoms with Crippen molar-refractivity contribution in [1.29, 1.82) is 0 Å². The number of benzene rings is 1. The van der Waals surface area contributed by atoms with Crippen molar-refractivity contribution in [3.8, 4) is 11.5 Å². The number of hydrogen-bond acceptors (Lipinski definition) is 7. The number of carboxylic acid groups (broad SMARTS) is 2. The van der Waals surface area contributed by atoms with Crippen molar-refractivity contribution in [2.45, 2.75) is 13.1 Å². The van der Waals surface area contributed by atoms with Crippen molar-refractivity contribution in [2.24, 2.45) is 0 Å². The summed E-state index contributed by atoms with van der Waals surface area (Å²) in [6.45, 7) is 6.12. The Balaban J connectivity index is 0.000000469. The second-order valence-corrected chi connectivity index (χ2v) is 6.70. The van der Waals surface area contributed by atoms with Crippen LogP contribution in [-0.2, 0) is 22.7 Å². The number of nitrogens with zero attached hydrogens (tertiary/aromatic N) is 3. The Morgan fingerprint density at radius 3 is 2.10 bits per heavy atom. The summed E-state index contributed by atoms with van der Waals surface area (Å²) in [5.74, 6) is -1.85. The molecule has 1 fully saturated rings. The topological polar surface area (TPSA) is 112 Å². The largest absolute Gasteiger partial charge is 0.497 e. The van der Waals surface area contributed by atoms with E-state index in [1.165, 1.54) is 11.1 Å². The predicted molar refractivity (Wildman–Crippen MR) is 110 cm³/mol. The highest BCUT2D eigenvalue weighted by Gasteiger charge is 2.18. The van der Waals surface area contributed by atoms with Gasteiger partial charge in [-0.05, 0) is 29.8 Å². The predicted octanol–water partition coefficient (Wildman–Crippen LogP) is 1.57. The second kappa shape index (κ2) is 11.7. The van der Waals surface area contributed by atoms with E-state index in [1.807, 2.05) is 30.6 Å². The van der Waals surface area contributed by atoms with Crippen LogP contribution >= 0.6 is 0 Å². The summed E-state index contributed by atoms with van der Waals surface area (Å²) in [5, 5.41) is 14.8. The van der Waals surface area contributed by atoms with Crippen molar-refractivity contribution < 1.29 is 29.3 Å². The number of piperazine rings is 1. The van der Waals surface area contributed by atoms with Crippen LogP contribution in [0.25, 0.3) is 0 Å². The Bertz CT molecular complexity index is 811. The second-order valence-electron chi connectivity index (χ2n) is 6.70. The fraction of sp³-hybridized carbons (Fsp3) is 0.381. The Hall–Kier alpha value is -3.17. The van der Waals surface area contributed by atoms with E-state index in [2.05, 4.69) is 26.9 Å². The van der Waals surface area contributed by atoms with Crippen LogP contribution in [0.3, 0.4) is 0 Å². The molecule has 3 rings (SSSR count). The molecule has 1 aliphatic heterocycles. The van der Waals surface area contributed by atoms with Crippen LogP contribution in [0, 0.1) is 0 Å². The van der Waals surface area contributed by atoms with Crippen molar-refractivity contribution in [3.63, 3.8) is 0 Å². The molecular formula is C21H27N3O6. The number of rotatable bonds is 6. The van der Waals surface area contributed by atoms with Gasteiger partial charge in [-0.15, -0.1) is 0 Å². The fourth-order valence-electron chi connectivity index (χ4n) is 3.10. The maximum Gasteiger partial charge on any atom is 0.414 e. The lowest BCUT2D eigenvalue weighted by Crippen LogP contribution is -2.45. The molecule has 2 N–H and O–H groups in total. The number of aliphatic carboxylic acids is 2. The molecule has 0 unspecified atom stereocenters. The third-order valence-electron chi connectivity index (χ3n) is 4.66. The third kappa shape index (κ3) is 7.34. The molecule has 1 aliphatic rings. The van der Waals surface area contributed by atoms with E-state index < -0.39 is 11.9 Å². The lowest BCUT2D eigenvalue weighted by atomic mass is 10.1. The minimum Gasteiger partial charge on any atom is -0.497 e. The molecule has 1 saturated heterocycles. The van der Waals surface area contributed by atoms with Gasteiger partial charge in [-0.2, -0.15) is 0 Å². The van der Waals surface area contributed by atoms with Crippen LogP contribution in [0.4, 0.5) is 0 Å². The molecule has 2 heterocycles. The maximum atomic E-state index is 9.10. The van der Waals surface area contributed by atoms with Gasteiger partial charge in [0, 0.05) is 57.2 Å². The lowest BCUT2D eigenvalue weighted by molar-refractivity contribution is -0.159. The molecule has 30 heavy (non-hydrogen) atoms. The molecule has 0 atom stereocenters. The molecule has 0 saturated carbocycles. The zero-order valence-electron chi connectivity index (χ0n) is 17.2. The number of carbonyl (C=O) groups is 2. The Labute approximate surface area is 175 Å². The van der Waals surface area contributed by atoms with Gasteiger partial charge in [-0.3, -0.25) is 14.8 Å². The van der Waals surface area contributed by atoms with Crippen LogP contribution in [0.2, 0.25) is 0 Å². The molecule has 2 aromatic rings. The average molecular weight is 417 g/mol. The van der Waals surface area contributed by atoms with Crippen LogP contribution < -0.4 is 9.47 Å². The Kier molecular flexibility index (Phi) is 9.04. The first kappa shape index (κ1) is 23.1. The van der Waals surface area contributed by atoms with Crippen LogP contribution in [0.1, 0.15) is 11.1 Å². The minimum absolute atomic E-state index is 0.876. The van der Waals surface area contributed by atoms with E-state index in [0.717, 1.165) is 50.8 Å². The van der Waals surface area contributed by atoms with E-state index in [1.54, 1.807) is 14.2 Å². The third-order valence-corrected chi connectivity index (χ3v) is 4.66. The molecule has 0 aliphatic carbocycles. The van der Waals surface area contributed by atoms with Gasteiger partial charge in [0.1, 0.15) is 11.5 Å². The first-order chi connectivity index (χ1) is 14.4. The fourth-order valence-corrected chi connectivity index (χ4v) is 3.10. The summed E-state index contributed by atoms with van der Waals surface area (Å²) in [6, 6.07) is 10.1.